The number of anilines is 2. The molecule has 26 heavy (non-hydrogen) atoms. The van der Waals surface area contributed by atoms with Crippen LogP contribution in [0.1, 0.15) is 19.4 Å². The zero-order chi connectivity index (χ0) is 18.7. The summed E-state index contributed by atoms with van der Waals surface area (Å²) in [5.41, 5.74) is 21.7. The normalized spacial score (nSPS) is 16.7. The zero-order valence-electron chi connectivity index (χ0n) is 14.6. The Hall–Kier alpha value is -3.42. The average molecular weight is 352 g/mol. The second kappa shape index (κ2) is 7.22. The van der Waals surface area contributed by atoms with Crippen molar-refractivity contribution in [2.75, 3.05) is 18.1 Å². The molecule has 5 N–H and O–H groups in total. The summed E-state index contributed by atoms with van der Waals surface area (Å²) in [6.07, 6.45) is -0.130. The lowest BCUT2D eigenvalue weighted by molar-refractivity contribution is 0.213. The average Bonchev–Trinajstić information content (AvgIpc) is 2.63. The second-order valence-electron chi connectivity index (χ2n) is 5.84. The number of pyridine rings is 1. The van der Waals surface area contributed by atoms with Gasteiger partial charge in [0.05, 0.1) is 5.70 Å². The molecule has 3 rings (SSSR count). The third-order valence-corrected chi connectivity index (χ3v) is 4.05. The number of benzene rings is 1. The van der Waals surface area contributed by atoms with Gasteiger partial charge in [0.1, 0.15) is 11.9 Å². The van der Waals surface area contributed by atoms with Crippen molar-refractivity contribution in [2.45, 2.75) is 20.0 Å². The summed E-state index contributed by atoms with van der Waals surface area (Å²) in [6.45, 7) is 4.01. The number of nitrogen functional groups attached to an aromatic ring is 2. The van der Waals surface area contributed by atoms with Crippen molar-refractivity contribution in [3.8, 4) is 5.75 Å². The maximum absolute atomic E-state index is 7.24. The van der Waals surface area contributed by atoms with E-state index in [1.54, 1.807) is 0 Å². The fourth-order valence-corrected chi connectivity index (χ4v) is 2.59. The van der Waals surface area contributed by atoms with E-state index in [4.69, 9.17) is 26.5 Å². The van der Waals surface area contributed by atoms with Crippen LogP contribution in [0.15, 0.2) is 52.1 Å². The Morgan fingerprint density at radius 1 is 1.27 bits per heavy atom. The zero-order valence-corrected chi connectivity index (χ0v) is 14.6. The lowest BCUT2D eigenvalue weighted by Crippen LogP contribution is -2.26. The van der Waals surface area contributed by atoms with Gasteiger partial charge in [0.25, 0.3) is 0 Å². The van der Waals surface area contributed by atoms with E-state index < -0.39 is 0 Å². The summed E-state index contributed by atoms with van der Waals surface area (Å²) in [4.78, 5) is 8.46. The summed E-state index contributed by atoms with van der Waals surface area (Å²) in [7, 11) is 0. The van der Waals surface area contributed by atoms with Gasteiger partial charge in [0, 0.05) is 11.6 Å². The smallest absolute Gasteiger partial charge is 0.228 e. The highest BCUT2D eigenvalue weighted by Crippen LogP contribution is 2.34. The Labute approximate surface area is 151 Å². The Morgan fingerprint density at radius 2 is 2.00 bits per heavy atom. The minimum absolute atomic E-state index is 0.0376. The van der Waals surface area contributed by atoms with E-state index >= 15 is 0 Å². The number of aromatic nitrogens is 1. The van der Waals surface area contributed by atoms with Crippen molar-refractivity contribution in [2.24, 2.45) is 10.1 Å². The van der Waals surface area contributed by atoms with Gasteiger partial charge >= 0.3 is 0 Å². The standard InChI is InChI=1S/C18H20N6O2/c1-10-11(2)26-15(23-16(10)12-6-4-3-5-7-12)9-25-13-8-14(19)22-18(20)17(13)24-21/h3-8,11,21H,9H2,1-2H3,(H4,19,20,22). The second-order valence-corrected chi connectivity index (χ2v) is 5.84. The van der Waals surface area contributed by atoms with Crippen molar-refractivity contribution in [1.29, 1.82) is 5.53 Å². The molecule has 1 atom stereocenters. The van der Waals surface area contributed by atoms with Crippen LogP contribution >= 0.6 is 0 Å². The highest BCUT2D eigenvalue weighted by atomic mass is 16.5. The van der Waals surface area contributed by atoms with Crippen LogP contribution in [0.3, 0.4) is 0 Å². The van der Waals surface area contributed by atoms with Gasteiger partial charge in [-0.25, -0.2) is 15.5 Å². The Bertz CT molecular complexity index is 892. The van der Waals surface area contributed by atoms with Crippen LogP contribution < -0.4 is 16.2 Å². The van der Waals surface area contributed by atoms with Crippen molar-refractivity contribution in [3.63, 3.8) is 0 Å². The van der Waals surface area contributed by atoms with Crippen molar-refractivity contribution < 1.29 is 9.47 Å². The summed E-state index contributed by atoms with van der Waals surface area (Å²) in [5.74, 6) is 0.907. The number of rotatable bonds is 5. The molecule has 2 heterocycles. The largest absolute Gasteiger partial charge is 0.481 e. The Balaban J connectivity index is 1.86. The van der Waals surface area contributed by atoms with Gasteiger partial charge in [-0.15, -0.1) is 0 Å². The predicted molar refractivity (Wildman–Crippen MR) is 100 cm³/mol. The van der Waals surface area contributed by atoms with E-state index in [9.17, 15) is 0 Å². The SMILES string of the molecule is CC1=C(c2ccccc2)N=C(COc2cc(N)nc(N)c2N=N)OC1C. The molecule has 1 aromatic carbocycles. The fourth-order valence-electron chi connectivity index (χ4n) is 2.59. The number of hydrogen-bond donors (Lipinski definition) is 3. The molecule has 0 saturated heterocycles. The van der Waals surface area contributed by atoms with Crippen LogP contribution in [0, 0.1) is 5.53 Å². The van der Waals surface area contributed by atoms with Crippen molar-refractivity contribution in [3.05, 3.63) is 47.5 Å². The van der Waals surface area contributed by atoms with Crippen molar-refractivity contribution >= 4 is 28.9 Å². The molecule has 2 aromatic rings. The van der Waals surface area contributed by atoms with E-state index in [0.29, 0.717) is 5.90 Å². The number of nitrogens with zero attached hydrogens (tertiary/aromatic N) is 3. The molecule has 0 spiro atoms. The van der Waals surface area contributed by atoms with Gasteiger partial charge in [-0.05, 0) is 19.4 Å². The first-order valence-corrected chi connectivity index (χ1v) is 8.06. The molecule has 0 saturated carbocycles. The Morgan fingerprint density at radius 3 is 2.69 bits per heavy atom. The number of nitrogens with two attached hydrogens (primary N) is 2. The lowest BCUT2D eigenvalue weighted by atomic mass is 10.0. The summed E-state index contributed by atoms with van der Waals surface area (Å²) < 4.78 is 11.5. The molecule has 1 aromatic heterocycles. The lowest BCUT2D eigenvalue weighted by Gasteiger charge is -2.24. The number of aliphatic imine (C=N–C) groups is 1. The number of hydrogen-bond acceptors (Lipinski definition) is 8. The van der Waals surface area contributed by atoms with E-state index in [2.05, 4.69) is 15.1 Å². The first-order valence-electron chi connectivity index (χ1n) is 8.06. The molecule has 0 fully saturated rings. The van der Waals surface area contributed by atoms with Crippen LogP contribution in [0.25, 0.3) is 5.70 Å². The summed E-state index contributed by atoms with van der Waals surface area (Å²) in [5, 5.41) is 3.36. The monoisotopic (exact) mass is 352 g/mol. The van der Waals surface area contributed by atoms with Crippen LogP contribution in [0.2, 0.25) is 0 Å². The van der Waals surface area contributed by atoms with Gasteiger partial charge in [-0.2, -0.15) is 5.11 Å². The molecule has 0 bridgehead atoms. The molecule has 8 heteroatoms. The van der Waals surface area contributed by atoms with Crippen LogP contribution in [0.4, 0.5) is 17.3 Å². The third kappa shape index (κ3) is 3.49. The molecule has 0 radical (unpaired) electrons. The molecule has 1 aliphatic heterocycles. The maximum atomic E-state index is 7.24. The van der Waals surface area contributed by atoms with Gasteiger partial charge in [-0.3, -0.25) is 0 Å². The van der Waals surface area contributed by atoms with E-state index in [0.717, 1.165) is 16.8 Å². The first-order chi connectivity index (χ1) is 12.5. The predicted octanol–water partition coefficient (Wildman–Crippen LogP) is 3.54. The first kappa shape index (κ1) is 17.4. The molecule has 0 aliphatic carbocycles. The van der Waals surface area contributed by atoms with Crippen LogP contribution in [-0.2, 0) is 4.74 Å². The van der Waals surface area contributed by atoms with Gasteiger partial charge in [-0.1, -0.05) is 30.3 Å². The van der Waals surface area contributed by atoms with Gasteiger partial charge in [0.15, 0.2) is 23.9 Å². The van der Waals surface area contributed by atoms with Crippen molar-refractivity contribution in [1.82, 2.24) is 4.98 Å². The van der Waals surface area contributed by atoms with E-state index in [-0.39, 0.29) is 35.8 Å². The van der Waals surface area contributed by atoms with Crippen LogP contribution in [-0.4, -0.2) is 23.6 Å². The maximum Gasteiger partial charge on any atom is 0.228 e. The number of nitrogens with one attached hydrogen (secondary N) is 1. The molecule has 1 aliphatic rings. The third-order valence-electron chi connectivity index (χ3n) is 4.05. The highest BCUT2D eigenvalue weighted by Gasteiger charge is 2.22. The molecular formula is C18H20N6O2. The molecule has 0 amide bonds. The molecular weight excluding hydrogens is 332 g/mol. The topological polar surface area (TPSA) is 132 Å². The molecule has 134 valence electrons. The fraction of sp³-hybridized carbons (Fsp3) is 0.222. The van der Waals surface area contributed by atoms with Gasteiger partial charge in [0.2, 0.25) is 5.90 Å². The number of ether oxygens (including phenoxy) is 2. The minimum Gasteiger partial charge on any atom is -0.481 e. The Kier molecular flexibility index (Phi) is 4.83. The van der Waals surface area contributed by atoms with E-state index in [1.807, 2.05) is 44.2 Å². The molecule has 1 unspecified atom stereocenters. The molecule has 8 nitrogen and oxygen atoms in total. The summed E-state index contributed by atoms with van der Waals surface area (Å²) >= 11 is 0. The summed E-state index contributed by atoms with van der Waals surface area (Å²) in [6, 6.07) is 11.4. The van der Waals surface area contributed by atoms with Gasteiger partial charge < -0.3 is 20.9 Å². The quantitative estimate of drug-likeness (QED) is 0.708. The van der Waals surface area contributed by atoms with E-state index in [1.165, 1.54) is 6.07 Å². The minimum atomic E-state index is -0.130. The highest BCUT2D eigenvalue weighted by molar-refractivity contribution is 5.88. The van der Waals surface area contributed by atoms with Crippen LogP contribution in [0.5, 0.6) is 5.75 Å².